The molecule has 0 bridgehead atoms. The topological polar surface area (TPSA) is 72.1 Å². The molecule has 3 heterocycles. The summed E-state index contributed by atoms with van der Waals surface area (Å²) in [5.41, 5.74) is 0.803. The van der Waals surface area contributed by atoms with Gasteiger partial charge in [0.25, 0.3) is 5.91 Å². The van der Waals surface area contributed by atoms with Crippen molar-refractivity contribution in [1.82, 2.24) is 15.1 Å². The molecule has 0 spiro atoms. The van der Waals surface area contributed by atoms with E-state index in [1.807, 2.05) is 30.3 Å². The van der Waals surface area contributed by atoms with Gasteiger partial charge in [-0.2, -0.15) is 18.3 Å². The maximum absolute atomic E-state index is 13.6. The number of hydrogen-bond acceptors (Lipinski definition) is 4. The summed E-state index contributed by atoms with van der Waals surface area (Å²) in [6, 6.07) is 11.3. The monoisotopic (exact) mass is 390 g/mol. The van der Waals surface area contributed by atoms with E-state index < -0.39 is 24.2 Å². The van der Waals surface area contributed by atoms with E-state index in [-0.39, 0.29) is 24.5 Å². The molecule has 1 aromatic carbocycles. The van der Waals surface area contributed by atoms with Crippen molar-refractivity contribution in [3.63, 3.8) is 0 Å². The molecular weight excluding hydrogens is 373 g/mol. The minimum absolute atomic E-state index is 0.0761. The second-order valence-electron chi connectivity index (χ2n) is 6.53. The predicted octanol–water partition coefficient (Wildman–Crippen LogP) is 4.07. The number of nitrogens with one attached hydrogen (secondary N) is 2. The van der Waals surface area contributed by atoms with Crippen LogP contribution in [0.4, 0.5) is 19.0 Å². The summed E-state index contributed by atoms with van der Waals surface area (Å²) in [5, 5.41) is 9.57. The van der Waals surface area contributed by atoms with Crippen LogP contribution < -0.4 is 10.6 Å². The Morgan fingerprint density at radius 1 is 1.25 bits per heavy atom. The molecule has 1 aliphatic rings. The quantitative estimate of drug-likeness (QED) is 0.705. The summed E-state index contributed by atoms with van der Waals surface area (Å²) in [6.45, 7) is 0.257. The second kappa shape index (κ2) is 7.06. The first-order valence-corrected chi connectivity index (χ1v) is 8.70. The standard InChI is InChI=1S/C19H17F3N4O2/c20-19(21,22)16-9-13(15-7-4-8-28-15)24-17-10-14(25-26(16)17)18(27)23-11-12-5-2-1-3-6-12/h1-8,10,13,16,24H,9,11H2,(H,23,27)/t13-,16+/m1/s1. The van der Waals surface area contributed by atoms with Crippen molar-refractivity contribution in [1.29, 1.82) is 0 Å². The van der Waals surface area contributed by atoms with Crippen molar-refractivity contribution in [2.75, 3.05) is 5.32 Å². The molecule has 2 atom stereocenters. The zero-order chi connectivity index (χ0) is 19.7. The van der Waals surface area contributed by atoms with E-state index in [0.717, 1.165) is 10.2 Å². The summed E-state index contributed by atoms with van der Waals surface area (Å²) in [7, 11) is 0. The average molecular weight is 390 g/mol. The van der Waals surface area contributed by atoms with Crippen LogP contribution in [-0.2, 0) is 6.54 Å². The Kier molecular flexibility index (Phi) is 4.58. The number of amides is 1. The number of furan rings is 1. The summed E-state index contributed by atoms with van der Waals surface area (Å²) in [4.78, 5) is 12.4. The number of nitrogens with zero attached hydrogens (tertiary/aromatic N) is 2. The van der Waals surface area contributed by atoms with Crippen LogP contribution in [0.25, 0.3) is 0 Å². The zero-order valence-corrected chi connectivity index (χ0v) is 14.6. The Balaban J connectivity index is 1.57. The number of hydrogen-bond donors (Lipinski definition) is 2. The number of alkyl halides is 3. The summed E-state index contributed by atoms with van der Waals surface area (Å²) in [6.07, 6.45) is -3.38. The fraction of sp³-hybridized carbons (Fsp3) is 0.263. The van der Waals surface area contributed by atoms with E-state index >= 15 is 0 Å². The predicted molar refractivity (Wildman–Crippen MR) is 94.6 cm³/mol. The van der Waals surface area contributed by atoms with Gasteiger partial charge in [-0.05, 0) is 17.7 Å². The van der Waals surface area contributed by atoms with Gasteiger partial charge in [-0.15, -0.1) is 0 Å². The van der Waals surface area contributed by atoms with Crippen molar-refractivity contribution >= 4 is 11.7 Å². The van der Waals surface area contributed by atoms with Gasteiger partial charge in [-0.1, -0.05) is 30.3 Å². The lowest BCUT2D eigenvalue weighted by Gasteiger charge is -2.32. The molecule has 0 saturated heterocycles. The summed E-state index contributed by atoms with van der Waals surface area (Å²) >= 11 is 0. The lowest BCUT2D eigenvalue weighted by molar-refractivity contribution is -0.174. The van der Waals surface area contributed by atoms with E-state index in [0.29, 0.717) is 5.76 Å². The normalized spacial score (nSPS) is 19.0. The third-order valence-electron chi connectivity index (χ3n) is 4.61. The van der Waals surface area contributed by atoms with Gasteiger partial charge >= 0.3 is 6.18 Å². The molecule has 0 radical (unpaired) electrons. The van der Waals surface area contributed by atoms with Crippen LogP contribution in [0.1, 0.15) is 40.3 Å². The fourth-order valence-electron chi connectivity index (χ4n) is 3.23. The average Bonchev–Trinajstić information content (AvgIpc) is 3.34. The lowest BCUT2D eigenvalue weighted by atomic mass is 10.0. The SMILES string of the molecule is O=C(NCc1ccccc1)c1cc2n(n1)[C@H](C(F)(F)F)C[C@H](c1ccco1)N2. The van der Waals surface area contributed by atoms with Gasteiger partial charge in [0.15, 0.2) is 11.7 Å². The molecule has 6 nitrogen and oxygen atoms in total. The molecule has 0 unspecified atom stereocenters. The van der Waals surface area contributed by atoms with E-state index in [4.69, 9.17) is 4.42 Å². The highest BCUT2D eigenvalue weighted by atomic mass is 19.4. The summed E-state index contributed by atoms with van der Waals surface area (Å²) in [5.74, 6) is -0.0142. The number of halogens is 3. The van der Waals surface area contributed by atoms with Crippen molar-refractivity contribution < 1.29 is 22.4 Å². The van der Waals surface area contributed by atoms with Gasteiger partial charge in [-0.3, -0.25) is 4.79 Å². The van der Waals surface area contributed by atoms with Crippen molar-refractivity contribution in [3.05, 3.63) is 71.8 Å². The van der Waals surface area contributed by atoms with Gasteiger partial charge in [0, 0.05) is 19.0 Å². The third-order valence-corrected chi connectivity index (χ3v) is 4.61. The lowest BCUT2D eigenvalue weighted by Crippen LogP contribution is -2.35. The third kappa shape index (κ3) is 3.60. The molecule has 2 N–H and O–H groups in total. The number of aromatic nitrogens is 2. The molecule has 28 heavy (non-hydrogen) atoms. The van der Waals surface area contributed by atoms with Gasteiger partial charge in [0.1, 0.15) is 11.6 Å². The van der Waals surface area contributed by atoms with Gasteiger partial charge in [0.05, 0.1) is 12.3 Å². The van der Waals surface area contributed by atoms with E-state index in [1.165, 1.54) is 12.3 Å². The van der Waals surface area contributed by atoms with E-state index in [1.54, 1.807) is 12.1 Å². The minimum Gasteiger partial charge on any atom is -0.467 e. The molecule has 9 heteroatoms. The number of carbonyl (C=O) groups excluding carboxylic acids is 1. The Hall–Kier alpha value is -3.23. The Morgan fingerprint density at radius 3 is 2.71 bits per heavy atom. The van der Waals surface area contributed by atoms with Crippen LogP contribution in [0.15, 0.2) is 59.2 Å². The van der Waals surface area contributed by atoms with Crippen LogP contribution in [0.5, 0.6) is 0 Å². The molecule has 3 aromatic rings. The van der Waals surface area contributed by atoms with Crippen LogP contribution in [-0.4, -0.2) is 21.9 Å². The largest absolute Gasteiger partial charge is 0.467 e. The molecule has 2 aromatic heterocycles. The first kappa shape index (κ1) is 18.1. The van der Waals surface area contributed by atoms with Crippen LogP contribution in [0.3, 0.4) is 0 Å². The first-order chi connectivity index (χ1) is 13.4. The molecule has 0 saturated carbocycles. The number of anilines is 1. The second-order valence-corrected chi connectivity index (χ2v) is 6.53. The Morgan fingerprint density at radius 2 is 2.04 bits per heavy atom. The minimum atomic E-state index is -4.51. The highest BCUT2D eigenvalue weighted by Gasteiger charge is 2.47. The molecule has 1 aliphatic heterocycles. The maximum atomic E-state index is 13.6. The highest BCUT2D eigenvalue weighted by molar-refractivity contribution is 5.93. The maximum Gasteiger partial charge on any atom is 0.410 e. The van der Waals surface area contributed by atoms with Crippen molar-refractivity contribution in [2.24, 2.45) is 0 Å². The summed E-state index contributed by atoms with van der Waals surface area (Å²) < 4.78 is 46.9. The smallest absolute Gasteiger partial charge is 0.410 e. The van der Waals surface area contributed by atoms with Crippen molar-refractivity contribution in [3.8, 4) is 0 Å². The number of carbonyl (C=O) groups is 1. The van der Waals surface area contributed by atoms with Crippen LogP contribution in [0, 0.1) is 0 Å². The molecule has 146 valence electrons. The molecular formula is C19H17F3N4O2. The molecule has 0 aliphatic carbocycles. The fourth-order valence-corrected chi connectivity index (χ4v) is 3.23. The highest BCUT2D eigenvalue weighted by Crippen LogP contribution is 2.43. The zero-order valence-electron chi connectivity index (χ0n) is 14.6. The number of benzene rings is 1. The van der Waals surface area contributed by atoms with Gasteiger partial charge in [0.2, 0.25) is 0 Å². The Bertz CT molecular complexity index is 951. The molecule has 4 rings (SSSR count). The van der Waals surface area contributed by atoms with Crippen LogP contribution in [0.2, 0.25) is 0 Å². The first-order valence-electron chi connectivity index (χ1n) is 8.70. The van der Waals surface area contributed by atoms with Gasteiger partial charge < -0.3 is 15.1 Å². The van der Waals surface area contributed by atoms with E-state index in [9.17, 15) is 18.0 Å². The molecule has 0 fully saturated rings. The number of rotatable bonds is 4. The van der Waals surface area contributed by atoms with Crippen LogP contribution >= 0.6 is 0 Å². The van der Waals surface area contributed by atoms with E-state index in [2.05, 4.69) is 15.7 Å². The van der Waals surface area contributed by atoms with Gasteiger partial charge in [-0.25, -0.2) is 4.68 Å². The Labute approximate surface area is 158 Å². The number of fused-ring (bicyclic) bond motifs is 1. The van der Waals surface area contributed by atoms with Crippen molar-refractivity contribution in [2.45, 2.75) is 31.2 Å². The molecule has 1 amide bonds.